The molecule has 0 aliphatic rings. The lowest BCUT2D eigenvalue weighted by Gasteiger charge is -2.06. The minimum absolute atomic E-state index is 0.0400. The van der Waals surface area contributed by atoms with Crippen molar-refractivity contribution in [1.82, 2.24) is 5.48 Å². The van der Waals surface area contributed by atoms with E-state index in [1.165, 1.54) is 5.48 Å². The fourth-order valence-electron chi connectivity index (χ4n) is 1.37. The second-order valence-corrected chi connectivity index (χ2v) is 3.89. The second kappa shape index (κ2) is 7.45. The first-order valence-electron chi connectivity index (χ1n) is 5.86. The van der Waals surface area contributed by atoms with Crippen LogP contribution in [0.1, 0.15) is 25.3 Å². The van der Waals surface area contributed by atoms with Gasteiger partial charge in [0.25, 0.3) is 0 Å². The quantitative estimate of drug-likeness (QED) is 0.333. The summed E-state index contributed by atoms with van der Waals surface area (Å²) in [4.78, 5) is 22.1. The Balaban J connectivity index is 2.49. The van der Waals surface area contributed by atoms with E-state index >= 15 is 0 Å². The highest BCUT2D eigenvalue weighted by molar-refractivity contribution is 6.36. The zero-order valence-electron chi connectivity index (χ0n) is 10.3. The highest BCUT2D eigenvalue weighted by Gasteiger charge is 2.12. The molecule has 0 atom stereocenters. The summed E-state index contributed by atoms with van der Waals surface area (Å²) in [6.45, 7) is 2.76. The fraction of sp³-hybridized carbons (Fsp3) is 0.385. The summed E-state index contributed by atoms with van der Waals surface area (Å²) in [5.74, 6) is -0.943. The number of hydrogen-bond acceptors (Lipinski definition) is 4. The van der Waals surface area contributed by atoms with Crippen LogP contribution in [0.25, 0.3) is 0 Å². The molecule has 1 aromatic carbocycles. The van der Waals surface area contributed by atoms with Crippen LogP contribution in [0.3, 0.4) is 0 Å². The van der Waals surface area contributed by atoms with Gasteiger partial charge in [-0.15, -0.1) is 0 Å². The van der Waals surface area contributed by atoms with Gasteiger partial charge >= 0.3 is 5.91 Å². The van der Waals surface area contributed by atoms with Crippen molar-refractivity contribution in [1.29, 1.82) is 0 Å². The number of Topliss-reactive ketones (excluding diaryl/α,β-unsaturated/α-hetero) is 1. The van der Waals surface area contributed by atoms with Crippen molar-refractivity contribution >= 4 is 11.7 Å². The van der Waals surface area contributed by atoms with Crippen molar-refractivity contribution < 1.29 is 19.5 Å². The van der Waals surface area contributed by atoms with Gasteiger partial charge in [-0.05, 0) is 24.1 Å². The third-order valence-electron chi connectivity index (χ3n) is 2.41. The molecule has 5 nitrogen and oxygen atoms in total. The van der Waals surface area contributed by atoms with Crippen molar-refractivity contribution in [2.24, 2.45) is 0 Å². The maximum Gasteiger partial charge on any atom is 0.311 e. The molecule has 1 aromatic rings. The summed E-state index contributed by atoms with van der Waals surface area (Å²) < 4.78 is 5.47. The summed E-state index contributed by atoms with van der Waals surface area (Å²) in [5.41, 5.74) is 2.02. The SMILES string of the molecule is CCCCOc1ccc(CC(=O)C(=O)NO)cc1. The zero-order chi connectivity index (χ0) is 13.4. The maximum atomic E-state index is 11.2. The van der Waals surface area contributed by atoms with Crippen molar-refractivity contribution in [2.45, 2.75) is 26.2 Å². The van der Waals surface area contributed by atoms with E-state index in [1.807, 2.05) is 0 Å². The van der Waals surface area contributed by atoms with Crippen LogP contribution in [0.15, 0.2) is 24.3 Å². The van der Waals surface area contributed by atoms with E-state index in [0.717, 1.165) is 18.6 Å². The maximum absolute atomic E-state index is 11.2. The van der Waals surface area contributed by atoms with Gasteiger partial charge in [0, 0.05) is 6.42 Å². The molecule has 0 radical (unpaired) electrons. The number of hydroxylamine groups is 1. The van der Waals surface area contributed by atoms with E-state index in [0.29, 0.717) is 12.2 Å². The predicted octanol–water partition coefficient (Wildman–Crippen LogP) is 1.48. The summed E-state index contributed by atoms with van der Waals surface area (Å²) in [7, 11) is 0. The number of carbonyl (C=O) groups is 2. The van der Waals surface area contributed by atoms with Crippen molar-refractivity contribution in [3.05, 3.63) is 29.8 Å². The molecule has 0 aliphatic heterocycles. The molecule has 18 heavy (non-hydrogen) atoms. The Morgan fingerprint density at radius 2 is 1.94 bits per heavy atom. The van der Waals surface area contributed by atoms with E-state index in [1.54, 1.807) is 24.3 Å². The lowest BCUT2D eigenvalue weighted by Crippen LogP contribution is -2.29. The van der Waals surface area contributed by atoms with Crippen LogP contribution in [-0.4, -0.2) is 23.5 Å². The molecule has 0 unspecified atom stereocenters. The summed E-state index contributed by atoms with van der Waals surface area (Å²) in [5, 5.41) is 8.31. The molecular weight excluding hydrogens is 234 g/mol. The molecule has 5 heteroatoms. The molecule has 98 valence electrons. The molecule has 0 saturated carbocycles. The molecule has 0 aromatic heterocycles. The van der Waals surface area contributed by atoms with Gasteiger partial charge < -0.3 is 4.74 Å². The average Bonchev–Trinajstić information content (AvgIpc) is 2.40. The highest BCUT2D eigenvalue weighted by Crippen LogP contribution is 2.13. The highest BCUT2D eigenvalue weighted by atomic mass is 16.5. The molecule has 0 aliphatic carbocycles. The van der Waals surface area contributed by atoms with Gasteiger partial charge in [-0.3, -0.25) is 14.8 Å². The molecule has 0 heterocycles. The molecule has 0 spiro atoms. The largest absolute Gasteiger partial charge is 0.494 e. The van der Waals surface area contributed by atoms with Gasteiger partial charge in [-0.25, -0.2) is 5.48 Å². The van der Waals surface area contributed by atoms with Gasteiger partial charge in [0.05, 0.1) is 6.61 Å². The van der Waals surface area contributed by atoms with Crippen molar-refractivity contribution in [3.63, 3.8) is 0 Å². The van der Waals surface area contributed by atoms with E-state index < -0.39 is 11.7 Å². The average molecular weight is 251 g/mol. The predicted molar refractivity (Wildman–Crippen MR) is 65.5 cm³/mol. The Hall–Kier alpha value is -1.88. The number of unbranched alkanes of at least 4 members (excludes halogenated alkanes) is 1. The summed E-state index contributed by atoms with van der Waals surface area (Å²) in [6.07, 6.45) is 2.03. The first-order chi connectivity index (χ1) is 8.67. The first-order valence-corrected chi connectivity index (χ1v) is 5.86. The van der Waals surface area contributed by atoms with E-state index in [9.17, 15) is 9.59 Å². The number of ketones is 1. The van der Waals surface area contributed by atoms with Crippen LogP contribution >= 0.6 is 0 Å². The number of amides is 1. The van der Waals surface area contributed by atoms with Crippen LogP contribution in [-0.2, 0) is 16.0 Å². The Bertz CT molecular complexity index is 400. The minimum atomic E-state index is -1.00. The van der Waals surface area contributed by atoms with Crippen molar-refractivity contribution in [2.75, 3.05) is 6.61 Å². The Morgan fingerprint density at radius 3 is 2.50 bits per heavy atom. The lowest BCUT2D eigenvalue weighted by molar-refractivity contribution is -0.142. The number of rotatable bonds is 7. The van der Waals surface area contributed by atoms with Crippen LogP contribution in [0, 0.1) is 0 Å². The number of hydrogen-bond donors (Lipinski definition) is 2. The molecular formula is C13H17NO4. The molecule has 2 N–H and O–H groups in total. The van der Waals surface area contributed by atoms with Crippen LogP contribution < -0.4 is 10.2 Å². The molecule has 1 rings (SSSR count). The third kappa shape index (κ3) is 4.55. The Labute approximate surface area is 106 Å². The topological polar surface area (TPSA) is 75.6 Å². The van der Waals surface area contributed by atoms with Gasteiger partial charge in [0.15, 0.2) is 0 Å². The number of benzene rings is 1. The summed E-state index contributed by atoms with van der Waals surface area (Å²) in [6, 6.07) is 6.97. The van der Waals surface area contributed by atoms with Crippen molar-refractivity contribution in [3.8, 4) is 5.75 Å². The van der Waals surface area contributed by atoms with Crippen LogP contribution in [0.2, 0.25) is 0 Å². The minimum Gasteiger partial charge on any atom is -0.494 e. The van der Waals surface area contributed by atoms with E-state index in [4.69, 9.17) is 9.94 Å². The molecule has 0 bridgehead atoms. The van der Waals surface area contributed by atoms with Gasteiger partial charge in [0.1, 0.15) is 5.75 Å². The zero-order valence-corrected chi connectivity index (χ0v) is 10.3. The Kier molecular flexibility index (Phi) is 5.87. The van der Waals surface area contributed by atoms with E-state index in [2.05, 4.69) is 6.92 Å². The Morgan fingerprint density at radius 1 is 1.28 bits per heavy atom. The summed E-state index contributed by atoms with van der Waals surface area (Å²) >= 11 is 0. The fourth-order valence-corrected chi connectivity index (χ4v) is 1.37. The lowest BCUT2D eigenvalue weighted by atomic mass is 10.1. The van der Waals surface area contributed by atoms with E-state index in [-0.39, 0.29) is 6.42 Å². The first kappa shape index (κ1) is 14.2. The molecule has 0 saturated heterocycles. The van der Waals surface area contributed by atoms with Gasteiger partial charge in [-0.1, -0.05) is 25.5 Å². The third-order valence-corrected chi connectivity index (χ3v) is 2.41. The number of nitrogens with one attached hydrogen (secondary N) is 1. The normalized spacial score (nSPS) is 9.89. The van der Waals surface area contributed by atoms with Gasteiger partial charge in [0.2, 0.25) is 5.78 Å². The van der Waals surface area contributed by atoms with Crippen LogP contribution in [0.4, 0.5) is 0 Å². The molecule has 1 amide bonds. The number of ether oxygens (including phenoxy) is 1. The monoisotopic (exact) mass is 251 g/mol. The molecule has 0 fully saturated rings. The van der Waals surface area contributed by atoms with Crippen LogP contribution in [0.5, 0.6) is 5.75 Å². The standard InChI is InChI=1S/C13H17NO4/c1-2-3-8-18-11-6-4-10(5-7-11)9-12(15)13(16)14-17/h4-7,17H,2-3,8-9H2,1H3,(H,14,16). The van der Waals surface area contributed by atoms with Gasteiger partial charge in [-0.2, -0.15) is 0 Å². The number of carbonyl (C=O) groups excluding carboxylic acids is 2. The second-order valence-electron chi connectivity index (χ2n) is 3.89. The smallest absolute Gasteiger partial charge is 0.311 e.